The molecule has 3 aromatic rings. The lowest BCUT2D eigenvalue weighted by Crippen LogP contribution is -2.41. The van der Waals surface area contributed by atoms with Crippen LogP contribution in [0.4, 0.5) is 8.78 Å². The molecule has 3 heterocycles. The molecule has 1 amide bonds. The topological polar surface area (TPSA) is 148 Å². The molecule has 1 aromatic heterocycles. The number of carbonyl (C=O) groups excluding carboxylic acids is 1. The summed E-state index contributed by atoms with van der Waals surface area (Å²) in [5, 5.41) is 13.0. The van der Waals surface area contributed by atoms with E-state index in [1.807, 2.05) is 0 Å². The number of aliphatic hydroxyl groups excluding tert-OH is 1. The van der Waals surface area contributed by atoms with Crippen LogP contribution in [0.15, 0.2) is 68.0 Å². The monoisotopic (exact) mass is 547 g/mol. The van der Waals surface area contributed by atoms with Crippen molar-refractivity contribution in [1.29, 1.82) is 0 Å². The second-order valence-electron chi connectivity index (χ2n) is 9.05. The highest BCUT2D eigenvalue weighted by atomic mass is 32.2. The van der Waals surface area contributed by atoms with Gasteiger partial charge in [0.25, 0.3) is 5.56 Å². The molecule has 200 valence electrons. The zero-order valence-corrected chi connectivity index (χ0v) is 20.7. The Morgan fingerprint density at radius 2 is 1.87 bits per heavy atom. The van der Waals surface area contributed by atoms with Gasteiger partial charge < -0.3 is 15.2 Å². The van der Waals surface area contributed by atoms with Crippen LogP contribution < -0.4 is 16.6 Å². The van der Waals surface area contributed by atoms with Gasteiger partial charge in [0.05, 0.1) is 10.8 Å². The van der Waals surface area contributed by atoms with Gasteiger partial charge in [-0.2, -0.15) is 0 Å². The Kier molecular flexibility index (Phi) is 6.53. The van der Waals surface area contributed by atoms with Gasteiger partial charge in [-0.1, -0.05) is 37.3 Å². The van der Waals surface area contributed by atoms with E-state index in [4.69, 9.17) is 4.74 Å². The lowest BCUT2D eigenvalue weighted by Gasteiger charge is -2.28. The molecule has 5 atom stereocenters. The highest BCUT2D eigenvalue weighted by Gasteiger charge is 2.46. The van der Waals surface area contributed by atoms with Crippen LogP contribution in [0.3, 0.4) is 0 Å². The van der Waals surface area contributed by atoms with E-state index in [9.17, 15) is 36.7 Å². The van der Waals surface area contributed by atoms with Crippen molar-refractivity contribution in [2.45, 2.75) is 53.7 Å². The van der Waals surface area contributed by atoms with E-state index in [1.165, 1.54) is 30.3 Å². The summed E-state index contributed by atoms with van der Waals surface area (Å²) >= 11 is 0. The highest BCUT2D eigenvalue weighted by molar-refractivity contribution is 7.91. The number of nitrogens with one attached hydrogen (secondary N) is 2. The summed E-state index contributed by atoms with van der Waals surface area (Å²) in [5.74, 6) is -2.92. The number of aromatic nitrogens is 2. The summed E-state index contributed by atoms with van der Waals surface area (Å²) in [5.41, 5.74) is -1.23. The van der Waals surface area contributed by atoms with Crippen LogP contribution in [0.1, 0.15) is 35.8 Å². The fourth-order valence-corrected chi connectivity index (χ4v) is 6.72. The maximum atomic E-state index is 15.0. The fourth-order valence-electron chi connectivity index (χ4n) is 4.93. The van der Waals surface area contributed by atoms with Crippen LogP contribution >= 0.6 is 0 Å². The van der Waals surface area contributed by atoms with Gasteiger partial charge in [0.1, 0.15) is 22.9 Å². The zero-order valence-electron chi connectivity index (χ0n) is 19.9. The van der Waals surface area contributed by atoms with Crippen molar-refractivity contribution in [3.05, 3.63) is 92.0 Å². The molecular weight excluding hydrogens is 524 g/mol. The molecule has 2 aliphatic heterocycles. The molecule has 0 radical (unpaired) electrons. The number of benzene rings is 2. The number of H-pyrrole nitrogens is 1. The summed E-state index contributed by atoms with van der Waals surface area (Å²) < 4.78 is 62.2. The van der Waals surface area contributed by atoms with Gasteiger partial charge in [-0.15, -0.1) is 0 Å². The molecule has 0 bridgehead atoms. The Labute approximate surface area is 214 Å². The number of aryl methyl sites for hydroxylation is 1. The smallest absolute Gasteiger partial charge is 0.330 e. The van der Waals surface area contributed by atoms with Gasteiger partial charge in [-0.3, -0.25) is 19.1 Å². The second-order valence-corrected chi connectivity index (χ2v) is 10.9. The predicted molar refractivity (Wildman–Crippen MR) is 129 cm³/mol. The molecular formula is C25H23F2N3O7S. The molecule has 0 saturated carbocycles. The molecule has 0 spiro atoms. The first kappa shape index (κ1) is 25.9. The number of ether oxygens (including phenoxy) is 1. The third-order valence-corrected chi connectivity index (χ3v) is 8.75. The van der Waals surface area contributed by atoms with Gasteiger partial charge in [0.2, 0.25) is 15.7 Å². The summed E-state index contributed by atoms with van der Waals surface area (Å²) in [6.45, 7) is 1.28. The van der Waals surface area contributed by atoms with E-state index in [-0.39, 0.29) is 28.0 Å². The molecule has 1 fully saturated rings. The van der Waals surface area contributed by atoms with Crippen LogP contribution in [0.25, 0.3) is 0 Å². The summed E-state index contributed by atoms with van der Waals surface area (Å²) in [6.07, 6.45) is -5.19. The number of rotatable bonds is 5. The molecule has 38 heavy (non-hydrogen) atoms. The van der Waals surface area contributed by atoms with Gasteiger partial charge in [0, 0.05) is 18.3 Å². The van der Waals surface area contributed by atoms with Crippen molar-refractivity contribution < 1.29 is 31.8 Å². The number of halogens is 2. The van der Waals surface area contributed by atoms with E-state index in [2.05, 4.69) is 10.3 Å². The molecule has 1 unspecified atom stereocenters. The Morgan fingerprint density at radius 1 is 1.16 bits per heavy atom. The fraction of sp³-hybridized carbons (Fsp3) is 0.320. The lowest BCUT2D eigenvalue weighted by molar-refractivity contribution is -0.122. The van der Waals surface area contributed by atoms with E-state index in [1.54, 1.807) is 13.0 Å². The summed E-state index contributed by atoms with van der Waals surface area (Å²) in [7, 11) is -4.22. The molecule has 0 aliphatic carbocycles. The number of hydrogen-bond donors (Lipinski definition) is 3. The van der Waals surface area contributed by atoms with Crippen molar-refractivity contribution in [3.8, 4) is 0 Å². The van der Waals surface area contributed by atoms with Crippen molar-refractivity contribution in [2.24, 2.45) is 0 Å². The number of alkyl halides is 1. The SMILES string of the molecule is CCc1cn([C@@H]2O[C@H](CNC(=O)C3c4ccccc4S(=O)(=O)c4c(F)cccc43)[C@@H](O)[C@@H]2F)c(=O)[nH]c1=O. The molecule has 5 rings (SSSR count). The Hall–Kier alpha value is -3.68. The van der Waals surface area contributed by atoms with Crippen molar-refractivity contribution in [3.63, 3.8) is 0 Å². The van der Waals surface area contributed by atoms with Gasteiger partial charge >= 0.3 is 5.69 Å². The average molecular weight is 548 g/mol. The van der Waals surface area contributed by atoms with Crippen LogP contribution in [-0.2, 0) is 25.8 Å². The van der Waals surface area contributed by atoms with E-state index < -0.39 is 74.8 Å². The minimum absolute atomic E-state index is 0.0535. The first-order valence-corrected chi connectivity index (χ1v) is 13.3. The zero-order chi connectivity index (χ0) is 27.4. The van der Waals surface area contributed by atoms with Gasteiger partial charge in [0.15, 0.2) is 12.4 Å². The molecule has 3 N–H and O–H groups in total. The normalized spacial score (nSPS) is 25.4. The molecule has 2 aromatic carbocycles. The third kappa shape index (κ3) is 4.06. The number of aromatic amines is 1. The summed E-state index contributed by atoms with van der Waals surface area (Å²) in [4.78, 5) is 38.8. The molecule has 13 heteroatoms. The maximum Gasteiger partial charge on any atom is 0.330 e. The van der Waals surface area contributed by atoms with Crippen LogP contribution in [-0.4, -0.2) is 53.9 Å². The van der Waals surface area contributed by atoms with Crippen LogP contribution in [0, 0.1) is 5.82 Å². The van der Waals surface area contributed by atoms with E-state index in [0.29, 0.717) is 0 Å². The minimum atomic E-state index is -4.22. The number of hydrogen-bond acceptors (Lipinski definition) is 7. The third-order valence-electron chi connectivity index (χ3n) is 6.83. The second kappa shape index (κ2) is 9.57. The first-order valence-electron chi connectivity index (χ1n) is 11.8. The van der Waals surface area contributed by atoms with E-state index in [0.717, 1.165) is 16.8 Å². The maximum absolute atomic E-state index is 15.0. The summed E-state index contributed by atoms with van der Waals surface area (Å²) in [6, 6.07) is 9.39. The number of carbonyl (C=O) groups is 1. The van der Waals surface area contributed by atoms with Gasteiger partial charge in [-0.05, 0) is 29.7 Å². The molecule has 2 aliphatic rings. The Bertz CT molecular complexity index is 1650. The number of sulfone groups is 1. The number of fused-ring (bicyclic) bond motifs is 2. The van der Waals surface area contributed by atoms with Crippen LogP contribution in [0.5, 0.6) is 0 Å². The molecule has 1 saturated heterocycles. The van der Waals surface area contributed by atoms with Crippen LogP contribution in [0.2, 0.25) is 0 Å². The first-order chi connectivity index (χ1) is 18.1. The van der Waals surface area contributed by atoms with Gasteiger partial charge in [-0.25, -0.2) is 22.0 Å². The highest BCUT2D eigenvalue weighted by Crippen LogP contribution is 2.43. The number of nitrogens with zero attached hydrogens (tertiary/aromatic N) is 1. The average Bonchev–Trinajstić information content (AvgIpc) is 3.16. The lowest BCUT2D eigenvalue weighted by atomic mass is 9.89. The standard InChI is InChI=1S/C25H23F2N3O7S/c1-2-12-11-30(25(34)29-22(12)32)24-19(27)20(31)16(37-24)10-28-23(33)18-13-6-3-4-9-17(13)38(35,36)21-14(18)7-5-8-15(21)26/h3-9,11,16,18-20,24,31H,2,10H2,1H3,(H,28,33)(H,29,32,34)/t16-,18?,19+,20-,24-/m1/s1. The Morgan fingerprint density at radius 3 is 2.61 bits per heavy atom. The number of aliphatic hydroxyl groups is 1. The minimum Gasteiger partial charge on any atom is -0.387 e. The predicted octanol–water partition coefficient (Wildman–Crippen LogP) is 0.929. The molecule has 10 nitrogen and oxygen atoms in total. The quantitative estimate of drug-likeness (QED) is 0.431. The van der Waals surface area contributed by atoms with Crippen molar-refractivity contribution in [1.82, 2.24) is 14.9 Å². The van der Waals surface area contributed by atoms with Crippen molar-refractivity contribution >= 4 is 15.7 Å². The Balaban J connectivity index is 1.41. The van der Waals surface area contributed by atoms with Crippen molar-refractivity contribution in [2.75, 3.05) is 6.54 Å². The number of amides is 1. The largest absolute Gasteiger partial charge is 0.387 e. The van der Waals surface area contributed by atoms with E-state index >= 15 is 0 Å².